The van der Waals surface area contributed by atoms with E-state index in [1.54, 1.807) is 0 Å². The van der Waals surface area contributed by atoms with Crippen molar-refractivity contribution in [1.29, 1.82) is 0 Å². The average Bonchev–Trinajstić information content (AvgIpc) is 3.84. The van der Waals surface area contributed by atoms with Crippen molar-refractivity contribution in [2.75, 3.05) is 4.90 Å². The van der Waals surface area contributed by atoms with Gasteiger partial charge in [0.25, 0.3) is 0 Å². The number of nitrogens with zero attached hydrogens (tertiary/aromatic N) is 1. The molecule has 2 aliphatic carbocycles. The standard InChI is InChI=1S/C61H39NO2/c1-4-18-40(19-5-1)43-24-16-25-44(38-43)62(45-34-35-46(41-20-6-2-7-21-41)50(39-45)42-22-8-3-9-23-42)55-32-17-33-56-59(55)64-60-57(63-56)37-36-54-58(60)49-28-12-15-31-53(49)61(54)51-29-13-10-26-47(51)48-27-11-14-30-52(48)61/h1-39H. The number of anilines is 3. The minimum Gasteiger partial charge on any atom is -0.449 e. The molecule has 0 amide bonds. The fourth-order valence-corrected chi connectivity index (χ4v) is 10.7. The highest BCUT2D eigenvalue weighted by Crippen LogP contribution is 2.67. The Kier molecular flexibility index (Phi) is 8.13. The van der Waals surface area contributed by atoms with Crippen LogP contribution < -0.4 is 14.4 Å². The zero-order chi connectivity index (χ0) is 42.2. The average molecular weight is 818 g/mol. The number of hydrogen-bond donors (Lipinski definition) is 0. The van der Waals surface area contributed by atoms with Crippen LogP contribution in [0.3, 0.4) is 0 Å². The van der Waals surface area contributed by atoms with Crippen molar-refractivity contribution in [3.05, 3.63) is 259 Å². The quantitative estimate of drug-likeness (QED) is 0.167. The summed E-state index contributed by atoms with van der Waals surface area (Å²) >= 11 is 0. The third kappa shape index (κ3) is 5.34. The third-order valence-corrected chi connectivity index (χ3v) is 13.3. The lowest BCUT2D eigenvalue weighted by atomic mass is 9.70. The molecule has 0 saturated heterocycles. The maximum Gasteiger partial charge on any atom is 0.194 e. The minimum atomic E-state index is -0.504. The van der Waals surface area contributed by atoms with Crippen molar-refractivity contribution < 1.29 is 9.47 Å². The van der Waals surface area contributed by atoms with E-state index in [1.807, 2.05) is 6.07 Å². The van der Waals surface area contributed by atoms with Crippen LogP contribution in [-0.4, -0.2) is 0 Å². The molecule has 3 nitrogen and oxygen atoms in total. The number of hydrogen-bond acceptors (Lipinski definition) is 3. The second-order valence-electron chi connectivity index (χ2n) is 16.7. The molecule has 10 aromatic rings. The lowest BCUT2D eigenvalue weighted by Crippen LogP contribution is -2.25. The molecule has 1 aliphatic heterocycles. The summed E-state index contributed by atoms with van der Waals surface area (Å²) in [5, 5.41) is 0. The number of benzene rings is 10. The fraction of sp³-hybridized carbons (Fsp3) is 0.0164. The molecule has 13 rings (SSSR count). The molecule has 0 bridgehead atoms. The summed E-state index contributed by atoms with van der Waals surface area (Å²) in [6.07, 6.45) is 0. The Labute approximate surface area is 372 Å². The van der Waals surface area contributed by atoms with Gasteiger partial charge in [-0.05, 0) is 115 Å². The molecule has 10 aromatic carbocycles. The van der Waals surface area contributed by atoms with Crippen LogP contribution in [0.25, 0.3) is 55.6 Å². The largest absolute Gasteiger partial charge is 0.449 e. The van der Waals surface area contributed by atoms with Crippen molar-refractivity contribution in [2.45, 2.75) is 5.41 Å². The monoisotopic (exact) mass is 817 g/mol. The van der Waals surface area contributed by atoms with Crippen molar-refractivity contribution in [1.82, 2.24) is 0 Å². The molecule has 0 fully saturated rings. The molecule has 300 valence electrons. The fourth-order valence-electron chi connectivity index (χ4n) is 10.7. The van der Waals surface area contributed by atoms with E-state index in [0.717, 1.165) is 67.3 Å². The molecule has 0 unspecified atom stereocenters. The van der Waals surface area contributed by atoms with E-state index < -0.39 is 5.41 Å². The predicted molar refractivity (Wildman–Crippen MR) is 260 cm³/mol. The van der Waals surface area contributed by atoms with Crippen LogP contribution in [0.4, 0.5) is 17.1 Å². The van der Waals surface area contributed by atoms with Crippen LogP contribution in [0.2, 0.25) is 0 Å². The molecule has 3 aliphatic rings. The topological polar surface area (TPSA) is 21.7 Å². The van der Waals surface area contributed by atoms with Crippen LogP contribution in [-0.2, 0) is 5.41 Å². The van der Waals surface area contributed by atoms with Crippen LogP contribution in [0.5, 0.6) is 23.0 Å². The normalized spacial score (nSPS) is 13.1. The van der Waals surface area contributed by atoms with E-state index in [0.29, 0.717) is 17.2 Å². The summed E-state index contributed by atoms with van der Waals surface area (Å²) in [5.41, 5.74) is 19.0. The van der Waals surface area contributed by atoms with E-state index in [-0.39, 0.29) is 0 Å². The molecule has 1 spiro atoms. The summed E-state index contributed by atoms with van der Waals surface area (Å²) in [7, 11) is 0. The number of rotatable bonds is 6. The first-order valence-electron chi connectivity index (χ1n) is 21.9. The van der Waals surface area contributed by atoms with Crippen molar-refractivity contribution in [3.8, 4) is 78.6 Å². The van der Waals surface area contributed by atoms with Crippen molar-refractivity contribution >= 4 is 17.1 Å². The minimum absolute atomic E-state index is 0.504. The summed E-state index contributed by atoms with van der Waals surface area (Å²) in [5.74, 6) is 2.75. The van der Waals surface area contributed by atoms with Gasteiger partial charge in [-0.15, -0.1) is 0 Å². The highest BCUT2D eigenvalue weighted by molar-refractivity contribution is 5.98. The zero-order valence-corrected chi connectivity index (χ0v) is 34.8. The Morgan fingerprint density at radius 1 is 0.297 bits per heavy atom. The molecule has 3 heteroatoms. The third-order valence-electron chi connectivity index (χ3n) is 13.3. The molecule has 0 radical (unpaired) electrons. The Morgan fingerprint density at radius 2 is 0.828 bits per heavy atom. The van der Waals surface area contributed by atoms with E-state index in [2.05, 4.69) is 235 Å². The molecule has 0 saturated carbocycles. The van der Waals surface area contributed by atoms with Gasteiger partial charge in [0.1, 0.15) is 0 Å². The molecule has 0 N–H and O–H groups in total. The van der Waals surface area contributed by atoms with Gasteiger partial charge in [0.2, 0.25) is 0 Å². The number of fused-ring (bicyclic) bond motifs is 13. The van der Waals surface area contributed by atoms with Crippen molar-refractivity contribution in [3.63, 3.8) is 0 Å². The lowest BCUT2D eigenvalue weighted by Gasteiger charge is -2.32. The smallest absolute Gasteiger partial charge is 0.194 e. The second-order valence-corrected chi connectivity index (χ2v) is 16.7. The first-order chi connectivity index (χ1) is 31.8. The van der Waals surface area contributed by atoms with E-state index in [4.69, 9.17) is 9.47 Å². The van der Waals surface area contributed by atoms with Gasteiger partial charge in [-0.25, -0.2) is 0 Å². The van der Waals surface area contributed by atoms with Crippen LogP contribution in [0.15, 0.2) is 237 Å². The van der Waals surface area contributed by atoms with E-state index in [9.17, 15) is 0 Å². The van der Waals surface area contributed by atoms with Crippen LogP contribution >= 0.6 is 0 Å². The first-order valence-corrected chi connectivity index (χ1v) is 21.9. The van der Waals surface area contributed by atoms with Crippen molar-refractivity contribution in [2.24, 2.45) is 0 Å². The summed E-state index contributed by atoms with van der Waals surface area (Å²) in [6, 6.07) is 84.7. The Hall–Kier alpha value is -8.40. The van der Waals surface area contributed by atoms with Crippen LogP contribution in [0.1, 0.15) is 22.3 Å². The zero-order valence-electron chi connectivity index (χ0n) is 34.8. The Balaban J connectivity index is 1.03. The number of ether oxygens (including phenoxy) is 2. The molecular formula is C61H39NO2. The lowest BCUT2D eigenvalue weighted by molar-refractivity contribution is 0.361. The van der Waals surface area contributed by atoms with E-state index in [1.165, 1.54) is 33.4 Å². The van der Waals surface area contributed by atoms with Gasteiger partial charge in [-0.2, -0.15) is 0 Å². The van der Waals surface area contributed by atoms with Gasteiger partial charge in [-0.1, -0.05) is 194 Å². The molecule has 0 atom stereocenters. The molecule has 0 aromatic heterocycles. The molecule has 64 heavy (non-hydrogen) atoms. The maximum atomic E-state index is 7.47. The highest BCUT2D eigenvalue weighted by atomic mass is 16.6. The van der Waals surface area contributed by atoms with Gasteiger partial charge in [0, 0.05) is 16.9 Å². The summed E-state index contributed by atoms with van der Waals surface area (Å²) in [4.78, 5) is 2.32. The molecular weight excluding hydrogens is 779 g/mol. The Bertz CT molecular complexity index is 3400. The van der Waals surface area contributed by atoms with E-state index >= 15 is 0 Å². The SMILES string of the molecule is c1ccc(-c2cccc(N(c3ccc(-c4ccccc4)c(-c4ccccc4)c3)c3cccc4c3Oc3c(ccc5c3-c3ccccc3C53c5ccccc5-c5ccccc53)O4)c2)cc1. The predicted octanol–water partition coefficient (Wildman–Crippen LogP) is 16.4. The summed E-state index contributed by atoms with van der Waals surface area (Å²) < 4.78 is 14.4. The van der Waals surface area contributed by atoms with Crippen LogP contribution in [0, 0.1) is 0 Å². The van der Waals surface area contributed by atoms with Gasteiger partial charge < -0.3 is 14.4 Å². The van der Waals surface area contributed by atoms with Gasteiger partial charge in [0.05, 0.1) is 11.1 Å². The summed E-state index contributed by atoms with van der Waals surface area (Å²) in [6.45, 7) is 0. The van der Waals surface area contributed by atoms with Gasteiger partial charge >= 0.3 is 0 Å². The maximum absolute atomic E-state index is 7.47. The second kappa shape index (κ2) is 14.3. The Morgan fingerprint density at radius 3 is 1.52 bits per heavy atom. The molecule has 1 heterocycles. The number of para-hydroxylation sites is 1. The van der Waals surface area contributed by atoms with Gasteiger partial charge in [0.15, 0.2) is 23.0 Å². The highest BCUT2D eigenvalue weighted by Gasteiger charge is 2.53. The van der Waals surface area contributed by atoms with Gasteiger partial charge in [-0.3, -0.25) is 0 Å². The first kappa shape index (κ1) is 36.3.